The molecule has 2 atom stereocenters. The van der Waals surface area contributed by atoms with E-state index in [4.69, 9.17) is 4.74 Å². The Morgan fingerprint density at radius 2 is 1.64 bits per heavy atom. The fourth-order valence-electron chi connectivity index (χ4n) is 7.47. The second kappa shape index (κ2) is 6.60. The number of fused-ring (bicyclic) bond motifs is 1. The number of amides is 1. The first-order chi connectivity index (χ1) is 13.5. The molecule has 0 N–H and O–H groups in total. The van der Waals surface area contributed by atoms with E-state index in [1.807, 2.05) is 29.2 Å². The maximum absolute atomic E-state index is 13.6. The predicted molar refractivity (Wildman–Crippen MR) is 108 cm³/mol. The summed E-state index contributed by atoms with van der Waals surface area (Å²) in [5, 5.41) is 0. The van der Waals surface area contributed by atoms with E-state index in [-0.39, 0.29) is 29.3 Å². The zero-order valence-electron chi connectivity index (χ0n) is 17.0. The Balaban J connectivity index is 1.42. The number of carbonyl (C=O) groups is 2. The molecule has 150 valence electrons. The van der Waals surface area contributed by atoms with Gasteiger partial charge in [-0.25, -0.2) is 0 Å². The van der Waals surface area contributed by atoms with E-state index in [1.54, 1.807) is 0 Å². The van der Waals surface area contributed by atoms with Gasteiger partial charge in [-0.2, -0.15) is 0 Å². The van der Waals surface area contributed by atoms with Crippen LogP contribution in [0, 0.1) is 23.2 Å². The Labute approximate surface area is 167 Å². The van der Waals surface area contributed by atoms with Crippen LogP contribution in [0.25, 0.3) is 0 Å². The summed E-state index contributed by atoms with van der Waals surface area (Å²) in [7, 11) is 1.44. The lowest BCUT2D eigenvalue weighted by Crippen LogP contribution is -2.50. The molecule has 0 aromatic heterocycles. The highest BCUT2D eigenvalue weighted by Crippen LogP contribution is 2.61. The molecule has 4 fully saturated rings. The third kappa shape index (κ3) is 2.87. The number of hydrogen-bond acceptors (Lipinski definition) is 3. The monoisotopic (exact) mass is 381 g/mol. The van der Waals surface area contributed by atoms with Crippen molar-refractivity contribution in [2.75, 3.05) is 12.0 Å². The van der Waals surface area contributed by atoms with Crippen molar-refractivity contribution >= 4 is 17.6 Å². The van der Waals surface area contributed by atoms with Crippen LogP contribution < -0.4 is 4.90 Å². The number of methoxy groups -OCH3 is 1. The van der Waals surface area contributed by atoms with Gasteiger partial charge in [0.05, 0.1) is 13.0 Å². The average molecular weight is 382 g/mol. The summed E-state index contributed by atoms with van der Waals surface area (Å²) in [5.74, 6) is 2.34. The largest absolute Gasteiger partial charge is 0.469 e. The molecule has 5 aliphatic rings. The SMILES string of the molecule is COC(=O)C1CC(C)N(C(=O)CC23CC4CC(CC(C4)C2)C3)c2ccccc21. The first kappa shape index (κ1) is 18.2. The zero-order valence-corrected chi connectivity index (χ0v) is 17.0. The minimum atomic E-state index is -0.278. The third-order valence-corrected chi connectivity index (χ3v) is 8.03. The van der Waals surface area contributed by atoms with Crippen molar-refractivity contribution < 1.29 is 14.3 Å². The van der Waals surface area contributed by atoms with Gasteiger partial charge in [-0.05, 0) is 86.7 Å². The Hall–Kier alpha value is -1.84. The molecule has 4 nitrogen and oxygen atoms in total. The number of esters is 1. The topological polar surface area (TPSA) is 46.6 Å². The van der Waals surface area contributed by atoms with Gasteiger partial charge >= 0.3 is 5.97 Å². The highest BCUT2D eigenvalue weighted by Gasteiger charge is 2.52. The van der Waals surface area contributed by atoms with Crippen LogP contribution in [0.5, 0.6) is 0 Å². The van der Waals surface area contributed by atoms with E-state index < -0.39 is 0 Å². The van der Waals surface area contributed by atoms with Crippen LogP contribution in [0.15, 0.2) is 24.3 Å². The molecule has 1 aromatic rings. The average Bonchev–Trinajstić information content (AvgIpc) is 2.65. The molecule has 28 heavy (non-hydrogen) atoms. The van der Waals surface area contributed by atoms with Gasteiger partial charge in [-0.1, -0.05) is 18.2 Å². The number of anilines is 1. The molecule has 2 unspecified atom stereocenters. The zero-order chi connectivity index (χ0) is 19.5. The Morgan fingerprint density at radius 1 is 1.04 bits per heavy atom. The summed E-state index contributed by atoms with van der Waals surface area (Å²) in [4.78, 5) is 27.9. The van der Waals surface area contributed by atoms with Gasteiger partial charge in [-0.3, -0.25) is 9.59 Å². The molecule has 4 bridgehead atoms. The molecule has 1 amide bonds. The lowest BCUT2D eigenvalue weighted by atomic mass is 9.49. The molecular formula is C24H31NO3. The number of ether oxygens (including phenoxy) is 1. The molecule has 6 rings (SSSR count). The fraction of sp³-hybridized carbons (Fsp3) is 0.667. The minimum Gasteiger partial charge on any atom is -0.469 e. The van der Waals surface area contributed by atoms with Crippen molar-refractivity contribution in [1.82, 2.24) is 0 Å². The lowest BCUT2D eigenvalue weighted by Gasteiger charge is -2.57. The molecule has 4 aliphatic carbocycles. The molecule has 1 aliphatic heterocycles. The van der Waals surface area contributed by atoms with Crippen molar-refractivity contribution in [1.29, 1.82) is 0 Å². The van der Waals surface area contributed by atoms with Crippen molar-refractivity contribution in [3.05, 3.63) is 29.8 Å². The lowest BCUT2D eigenvalue weighted by molar-refractivity contribution is -0.143. The van der Waals surface area contributed by atoms with Crippen LogP contribution in [0.2, 0.25) is 0 Å². The van der Waals surface area contributed by atoms with E-state index in [1.165, 1.54) is 45.6 Å². The Morgan fingerprint density at radius 3 is 2.25 bits per heavy atom. The summed E-state index contributed by atoms with van der Waals surface area (Å²) < 4.78 is 5.04. The summed E-state index contributed by atoms with van der Waals surface area (Å²) in [5.41, 5.74) is 2.08. The highest BCUT2D eigenvalue weighted by atomic mass is 16.5. The summed E-state index contributed by atoms with van der Waals surface area (Å²) in [6.45, 7) is 2.07. The quantitative estimate of drug-likeness (QED) is 0.715. The van der Waals surface area contributed by atoms with Gasteiger partial charge in [0, 0.05) is 18.2 Å². The van der Waals surface area contributed by atoms with Crippen LogP contribution in [0.3, 0.4) is 0 Å². The van der Waals surface area contributed by atoms with E-state index >= 15 is 0 Å². The number of hydrogen-bond donors (Lipinski definition) is 0. The van der Waals surface area contributed by atoms with Crippen LogP contribution in [0.1, 0.15) is 69.8 Å². The first-order valence-electron chi connectivity index (χ1n) is 11.0. The van der Waals surface area contributed by atoms with Crippen LogP contribution in [-0.2, 0) is 14.3 Å². The summed E-state index contributed by atoms with van der Waals surface area (Å²) in [6, 6.07) is 7.91. The van der Waals surface area contributed by atoms with E-state index in [0.29, 0.717) is 12.8 Å². The van der Waals surface area contributed by atoms with Crippen molar-refractivity contribution in [3.63, 3.8) is 0 Å². The normalized spacial score (nSPS) is 38.2. The van der Waals surface area contributed by atoms with Gasteiger partial charge < -0.3 is 9.64 Å². The van der Waals surface area contributed by atoms with Crippen LogP contribution >= 0.6 is 0 Å². The maximum Gasteiger partial charge on any atom is 0.313 e. The molecule has 0 saturated heterocycles. The fourth-order valence-corrected chi connectivity index (χ4v) is 7.47. The Bertz CT molecular complexity index is 766. The molecule has 0 spiro atoms. The predicted octanol–water partition coefficient (Wildman–Crippen LogP) is 4.67. The number of nitrogens with zero attached hydrogens (tertiary/aromatic N) is 1. The summed E-state index contributed by atoms with van der Waals surface area (Å²) >= 11 is 0. The Kier molecular flexibility index (Phi) is 4.29. The molecule has 4 heteroatoms. The third-order valence-electron chi connectivity index (χ3n) is 8.03. The number of rotatable bonds is 3. The standard InChI is InChI=1S/C24H31NO3/c1-15-7-20(23(27)28-2)19-5-3-4-6-21(19)25(15)22(26)14-24-11-16-8-17(12-24)10-18(9-16)13-24/h3-6,15-18,20H,7-14H2,1-2H3. The van der Waals surface area contributed by atoms with Crippen LogP contribution in [-0.4, -0.2) is 25.0 Å². The van der Waals surface area contributed by atoms with Gasteiger partial charge in [0.2, 0.25) is 5.91 Å². The van der Waals surface area contributed by atoms with Crippen molar-refractivity contribution in [2.24, 2.45) is 23.2 Å². The molecular weight excluding hydrogens is 350 g/mol. The maximum atomic E-state index is 13.6. The number of carbonyl (C=O) groups excluding carboxylic acids is 2. The molecule has 4 saturated carbocycles. The van der Waals surface area contributed by atoms with Crippen molar-refractivity contribution in [3.8, 4) is 0 Å². The van der Waals surface area contributed by atoms with Crippen molar-refractivity contribution in [2.45, 2.75) is 70.3 Å². The van der Waals surface area contributed by atoms with E-state index in [2.05, 4.69) is 6.92 Å². The minimum absolute atomic E-state index is 0.0143. The molecule has 1 aromatic carbocycles. The van der Waals surface area contributed by atoms with Gasteiger partial charge in [-0.15, -0.1) is 0 Å². The smallest absolute Gasteiger partial charge is 0.313 e. The van der Waals surface area contributed by atoms with Crippen LogP contribution in [0.4, 0.5) is 5.69 Å². The highest BCUT2D eigenvalue weighted by molar-refractivity contribution is 5.97. The van der Waals surface area contributed by atoms with Gasteiger partial charge in [0.15, 0.2) is 0 Å². The molecule has 0 radical (unpaired) electrons. The number of benzene rings is 1. The summed E-state index contributed by atoms with van der Waals surface area (Å²) in [6.07, 6.45) is 9.26. The second-order valence-electron chi connectivity index (χ2n) is 10.1. The van der Waals surface area contributed by atoms with E-state index in [0.717, 1.165) is 29.0 Å². The number of para-hydroxylation sites is 1. The van der Waals surface area contributed by atoms with Gasteiger partial charge in [0.1, 0.15) is 0 Å². The second-order valence-corrected chi connectivity index (χ2v) is 10.1. The van der Waals surface area contributed by atoms with Gasteiger partial charge in [0.25, 0.3) is 0 Å². The van der Waals surface area contributed by atoms with E-state index in [9.17, 15) is 9.59 Å². The molecule has 1 heterocycles. The first-order valence-corrected chi connectivity index (χ1v) is 11.0.